The third-order valence-corrected chi connectivity index (χ3v) is 3.58. The summed E-state index contributed by atoms with van der Waals surface area (Å²) in [4.78, 5) is 3.94. The van der Waals surface area contributed by atoms with Crippen LogP contribution in [0.3, 0.4) is 0 Å². The Hall–Kier alpha value is -1.53. The van der Waals surface area contributed by atoms with E-state index in [1.807, 2.05) is 6.92 Å². The molecule has 0 aliphatic rings. The second-order valence-corrected chi connectivity index (χ2v) is 5.45. The zero-order chi connectivity index (χ0) is 17.8. The van der Waals surface area contributed by atoms with Crippen LogP contribution in [0.1, 0.15) is 49.8 Å². The summed E-state index contributed by atoms with van der Waals surface area (Å²) in [5, 5.41) is 0. The van der Waals surface area contributed by atoms with Gasteiger partial charge in [-0.3, -0.25) is 4.99 Å². The molecular formula is C16H19F6N. The molecule has 0 N–H and O–H groups in total. The molecule has 23 heavy (non-hydrogen) atoms. The Labute approximate surface area is 131 Å². The molecule has 0 spiro atoms. The summed E-state index contributed by atoms with van der Waals surface area (Å²) in [6.07, 6.45) is -7.33. The van der Waals surface area contributed by atoms with E-state index in [-0.39, 0.29) is 23.3 Å². The first-order chi connectivity index (χ1) is 10.5. The second kappa shape index (κ2) is 7.36. The molecule has 0 aromatic heterocycles. The number of hydrogen-bond acceptors (Lipinski definition) is 1. The molecule has 1 atom stereocenters. The fourth-order valence-corrected chi connectivity index (χ4v) is 2.38. The van der Waals surface area contributed by atoms with Gasteiger partial charge < -0.3 is 0 Å². The Morgan fingerprint density at radius 2 is 1.48 bits per heavy atom. The van der Waals surface area contributed by atoms with Crippen LogP contribution in [0, 0.1) is 5.92 Å². The van der Waals surface area contributed by atoms with E-state index < -0.39 is 23.5 Å². The molecule has 1 aromatic rings. The highest BCUT2D eigenvalue weighted by molar-refractivity contribution is 6.02. The summed E-state index contributed by atoms with van der Waals surface area (Å²) in [5.74, 6) is -0.218. The minimum Gasteiger partial charge on any atom is -0.292 e. The minimum absolute atomic E-state index is 0.127. The van der Waals surface area contributed by atoms with Gasteiger partial charge in [0, 0.05) is 12.8 Å². The summed E-state index contributed by atoms with van der Waals surface area (Å²) in [7, 11) is 1.38. The van der Waals surface area contributed by atoms with E-state index in [0.717, 1.165) is 25.0 Å². The molecule has 0 saturated carbocycles. The molecule has 0 bridgehead atoms. The van der Waals surface area contributed by atoms with E-state index in [0.29, 0.717) is 6.42 Å². The fraction of sp³-hybridized carbons (Fsp3) is 0.562. The topological polar surface area (TPSA) is 12.4 Å². The Morgan fingerprint density at radius 3 is 1.83 bits per heavy atom. The van der Waals surface area contributed by atoms with E-state index >= 15 is 0 Å². The van der Waals surface area contributed by atoms with Gasteiger partial charge in [-0.1, -0.05) is 26.7 Å². The summed E-state index contributed by atoms with van der Waals surface area (Å²) in [6.45, 7) is 3.72. The summed E-state index contributed by atoms with van der Waals surface area (Å²) >= 11 is 0. The maximum absolute atomic E-state index is 12.9. The Morgan fingerprint density at radius 1 is 1.00 bits per heavy atom. The number of aliphatic imine (C=N–C) groups is 1. The van der Waals surface area contributed by atoms with Crippen molar-refractivity contribution in [2.45, 2.75) is 45.5 Å². The molecule has 7 heteroatoms. The van der Waals surface area contributed by atoms with Crippen molar-refractivity contribution < 1.29 is 26.3 Å². The van der Waals surface area contributed by atoms with Crippen LogP contribution in [0.2, 0.25) is 0 Å². The summed E-state index contributed by atoms with van der Waals surface area (Å²) < 4.78 is 77.4. The lowest BCUT2D eigenvalue weighted by molar-refractivity contribution is -0.143. The third-order valence-electron chi connectivity index (χ3n) is 3.58. The number of benzene rings is 1. The zero-order valence-electron chi connectivity index (χ0n) is 13.1. The van der Waals surface area contributed by atoms with Gasteiger partial charge >= 0.3 is 12.4 Å². The highest BCUT2D eigenvalue weighted by Gasteiger charge is 2.37. The molecule has 1 aromatic carbocycles. The lowest BCUT2D eigenvalue weighted by Gasteiger charge is -2.18. The Balaban J connectivity index is 3.39. The molecule has 1 unspecified atom stereocenters. The van der Waals surface area contributed by atoms with Crippen LogP contribution in [0.25, 0.3) is 0 Å². The van der Waals surface area contributed by atoms with Crippen molar-refractivity contribution in [2.24, 2.45) is 10.9 Å². The largest absolute Gasteiger partial charge is 0.416 e. The monoisotopic (exact) mass is 339 g/mol. The van der Waals surface area contributed by atoms with E-state index in [1.54, 1.807) is 6.92 Å². The van der Waals surface area contributed by atoms with Crippen molar-refractivity contribution in [3.05, 3.63) is 34.9 Å². The van der Waals surface area contributed by atoms with Gasteiger partial charge in [-0.05, 0) is 36.1 Å². The minimum atomic E-state index is -4.85. The van der Waals surface area contributed by atoms with Gasteiger partial charge in [0.1, 0.15) is 0 Å². The standard InChI is InChI=1S/C16H19F6N/c1-4-5-6-10(2)14(23-3)11-7-12(15(17,18)19)9-13(8-11)16(20,21)22/h7-10H,4-6H2,1-3H3/b23-14+. The Kier molecular flexibility index (Phi) is 6.25. The lowest BCUT2D eigenvalue weighted by atomic mass is 9.91. The number of rotatable bonds is 5. The van der Waals surface area contributed by atoms with Crippen molar-refractivity contribution in [1.82, 2.24) is 0 Å². The molecule has 0 heterocycles. The third kappa shape index (κ3) is 5.25. The molecular weight excluding hydrogens is 320 g/mol. The van der Waals surface area contributed by atoms with Crippen molar-refractivity contribution in [2.75, 3.05) is 7.05 Å². The van der Waals surface area contributed by atoms with Crippen molar-refractivity contribution in [1.29, 1.82) is 0 Å². The smallest absolute Gasteiger partial charge is 0.292 e. The average molecular weight is 339 g/mol. The molecule has 1 rings (SSSR count). The first-order valence-corrected chi connectivity index (χ1v) is 7.27. The van der Waals surface area contributed by atoms with E-state index in [2.05, 4.69) is 4.99 Å². The first-order valence-electron chi connectivity index (χ1n) is 7.27. The van der Waals surface area contributed by atoms with Gasteiger partial charge in [-0.25, -0.2) is 0 Å². The normalized spacial score (nSPS) is 14.9. The van der Waals surface area contributed by atoms with Gasteiger partial charge in [0.2, 0.25) is 0 Å². The molecule has 0 aliphatic carbocycles. The highest BCUT2D eigenvalue weighted by Crippen LogP contribution is 2.37. The van der Waals surface area contributed by atoms with Crippen molar-refractivity contribution >= 4 is 5.71 Å². The quantitative estimate of drug-likeness (QED) is 0.463. The van der Waals surface area contributed by atoms with Crippen LogP contribution in [0.4, 0.5) is 26.3 Å². The first kappa shape index (κ1) is 19.5. The van der Waals surface area contributed by atoms with Crippen molar-refractivity contribution in [3.8, 4) is 0 Å². The average Bonchev–Trinajstić information content (AvgIpc) is 2.43. The van der Waals surface area contributed by atoms with Gasteiger partial charge in [-0.15, -0.1) is 0 Å². The molecule has 1 nitrogen and oxygen atoms in total. The molecule has 0 radical (unpaired) electrons. The number of alkyl halides is 6. The molecule has 0 amide bonds. The maximum atomic E-state index is 12.9. The molecule has 0 aliphatic heterocycles. The predicted octanol–water partition coefficient (Wildman–Crippen LogP) is 5.97. The molecule has 130 valence electrons. The maximum Gasteiger partial charge on any atom is 0.416 e. The van der Waals surface area contributed by atoms with Crippen LogP contribution in [-0.2, 0) is 12.4 Å². The van der Waals surface area contributed by atoms with Crippen molar-refractivity contribution in [3.63, 3.8) is 0 Å². The van der Waals surface area contributed by atoms with Gasteiger partial charge in [0.25, 0.3) is 0 Å². The van der Waals surface area contributed by atoms with Gasteiger partial charge in [0.15, 0.2) is 0 Å². The van der Waals surface area contributed by atoms with Crippen LogP contribution < -0.4 is 0 Å². The second-order valence-electron chi connectivity index (χ2n) is 5.45. The summed E-state index contributed by atoms with van der Waals surface area (Å²) in [6, 6.07) is 1.60. The van der Waals surface area contributed by atoms with E-state index in [9.17, 15) is 26.3 Å². The van der Waals surface area contributed by atoms with E-state index in [1.165, 1.54) is 7.05 Å². The van der Waals surface area contributed by atoms with Crippen LogP contribution >= 0.6 is 0 Å². The number of unbranched alkanes of at least 4 members (excludes halogenated alkanes) is 1. The zero-order valence-corrected chi connectivity index (χ0v) is 13.1. The molecule has 0 saturated heterocycles. The van der Waals surface area contributed by atoms with Crippen LogP contribution in [0.15, 0.2) is 23.2 Å². The lowest BCUT2D eigenvalue weighted by Crippen LogP contribution is -2.17. The fourth-order valence-electron chi connectivity index (χ4n) is 2.38. The SMILES string of the molecule is CCCCC(C)/C(=N\C)c1cc(C(F)(F)F)cc(C(F)(F)F)c1. The van der Waals surface area contributed by atoms with Crippen LogP contribution in [-0.4, -0.2) is 12.8 Å². The van der Waals surface area contributed by atoms with Gasteiger partial charge in [0.05, 0.1) is 11.1 Å². The number of nitrogens with zero attached hydrogens (tertiary/aromatic N) is 1. The Bertz CT molecular complexity index is 524. The predicted molar refractivity (Wildman–Crippen MR) is 77.6 cm³/mol. The number of hydrogen-bond donors (Lipinski definition) is 0. The van der Waals surface area contributed by atoms with Gasteiger partial charge in [-0.2, -0.15) is 26.3 Å². The highest BCUT2D eigenvalue weighted by atomic mass is 19.4. The van der Waals surface area contributed by atoms with Crippen LogP contribution in [0.5, 0.6) is 0 Å². The van der Waals surface area contributed by atoms with E-state index in [4.69, 9.17) is 0 Å². The number of halogens is 6. The molecule has 0 fully saturated rings. The summed E-state index contributed by atoms with van der Waals surface area (Å²) in [5.41, 5.74) is -2.49.